The van der Waals surface area contributed by atoms with Crippen LogP contribution in [0.4, 0.5) is 0 Å². The Hall–Kier alpha value is -0.670. The number of nitrogens with zero attached hydrogens (tertiary/aromatic N) is 3. The quantitative estimate of drug-likeness (QED) is 0.127. The number of nitrogens with two attached hydrogens (primary N) is 1. The average Bonchev–Trinajstić information content (AvgIpc) is 3.18. The van der Waals surface area contributed by atoms with Crippen LogP contribution in [-0.2, 0) is 9.53 Å². The number of carbonyl (C=O) groups excluding carboxylic acids is 1. The fourth-order valence-corrected chi connectivity index (χ4v) is 8.45. The lowest BCUT2D eigenvalue weighted by Gasteiger charge is -2.60. The number of aromatic nitrogens is 2. The van der Waals surface area contributed by atoms with Crippen molar-refractivity contribution in [2.45, 2.75) is 157 Å². The lowest BCUT2D eigenvalue weighted by Crippen LogP contribution is -2.58. The van der Waals surface area contributed by atoms with E-state index in [2.05, 4.69) is 140 Å². The zero-order valence-corrected chi connectivity index (χ0v) is 31.6. The lowest BCUT2D eigenvalue weighted by atomic mass is 9.46. The van der Waals surface area contributed by atoms with Gasteiger partial charge in [0.2, 0.25) is 5.91 Å². The molecule has 2 fully saturated rings. The second kappa shape index (κ2) is 11.6. The maximum absolute atomic E-state index is 13.2. The minimum Gasteiger partial charge on any atom is -0.353 e. The van der Waals surface area contributed by atoms with Gasteiger partial charge < -0.3 is 19.9 Å². The molecule has 0 bridgehead atoms. The zero-order valence-electron chi connectivity index (χ0n) is 29.4. The van der Waals surface area contributed by atoms with E-state index >= 15 is 0 Å². The van der Waals surface area contributed by atoms with Crippen LogP contribution in [-0.4, -0.2) is 48.7 Å². The predicted molar refractivity (Wildman–Crippen MR) is 183 cm³/mol. The summed E-state index contributed by atoms with van der Waals surface area (Å²) < 4.78 is 8.55. The number of likely N-dealkylation sites (tertiary alicyclic amines) is 1. The number of halogens is 1. The van der Waals surface area contributed by atoms with Crippen LogP contribution in [0, 0.1) is 32.5 Å². The number of ether oxygens (including phenoxy) is 1. The molecule has 1 aromatic rings. The van der Waals surface area contributed by atoms with Crippen molar-refractivity contribution in [1.82, 2.24) is 14.5 Å². The molecule has 2 aliphatic rings. The summed E-state index contributed by atoms with van der Waals surface area (Å²) in [4.78, 5) is 19.8. The van der Waals surface area contributed by atoms with Crippen LogP contribution in [0.3, 0.4) is 0 Å². The smallest absolute Gasteiger partial charge is 0.222 e. The van der Waals surface area contributed by atoms with Crippen molar-refractivity contribution in [1.29, 1.82) is 0 Å². The number of imidazole rings is 1. The van der Waals surface area contributed by atoms with Gasteiger partial charge in [0.05, 0.1) is 6.33 Å². The summed E-state index contributed by atoms with van der Waals surface area (Å²) in [5, 5.41) is 0. The first kappa shape index (κ1) is 35.8. The molecule has 0 saturated carbocycles. The molecular formula is C35H63IN4O2. The van der Waals surface area contributed by atoms with E-state index in [-0.39, 0.29) is 60.3 Å². The molecule has 42 heavy (non-hydrogen) atoms. The summed E-state index contributed by atoms with van der Waals surface area (Å²) in [5.41, 5.74) is 6.03. The second-order valence-electron chi connectivity index (χ2n) is 18.0. The van der Waals surface area contributed by atoms with Gasteiger partial charge in [0.1, 0.15) is 12.3 Å². The predicted octanol–water partition coefficient (Wildman–Crippen LogP) is 8.64. The van der Waals surface area contributed by atoms with E-state index in [4.69, 9.17) is 10.5 Å². The minimum atomic E-state index is -0.236. The average molecular weight is 699 g/mol. The molecule has 0 aliphatic carbocycles. The Morgan fingerprint density at radius 2 is 1.52 bits per heavy atom. The maximum Gasteiger partial charge on any atom is 0.222 e. The van der Waals surface area contributed by atoms with E-state index in [1.54, 1.807) is 0 Å². The van der Waals surface area contributed by atoms with Gasteiger partial charge in [-0.1, -0.05) is 106 Å². The van der Waals surface area contributed by atoms with Crippen LogP contribution < -0.4 is 5.73 Å². The first-order valence-electron chi connectivity index (χ1n) is 16.2. The van der Waals surface area contributed by atoms with E-state index in [1.807, 2.05) is 12.5 Å². The van der Waals surface area contributed by atoms with Gasteiger partial charge >= 0.3 is 0 Å². The van der Waals surface area contributed by atoms with Gasteiger partial charge in [0, 0.05) is 46.3 Å². The summed E-state index contributed by atoms with van der Waals surface area (Å²) in [6, 6.07) is 0.455. The van der Waals surface area contributed by atoms with Crippen LogP contribution in [0.5, 0.6) is 0 Å². The number of hydrogen-bond donors (Lipinski definition) is 1. The van der Waals surface area contributed by atoms with Crippen molar-refractivity contribution >= 4 is 28.5 Å². The SMILES string of the molecule is CC(C)(C)CC(N1CCCC1=O)C(C)(C)C(C)(C)CC(C)(C1OC1N)C(C)(C)C(C)(C)CC(n1ccnc1)C(C)(C)I. The van der Waals surface area contributed by atoms with Gasteiger partial charge in [-0.2, -0.15) is 0 Å². The minimum absolute atomic E-state index is 0.00404. The van der Waals surface area contributed by atoms with E-state index in [0.29, 0.717) is 12.3 Å². The van der Waals surface area contributed by atoms with Crippen molar-refractivity contribution in [3.63, 3.8) is 0 Å². The summed E-state index contributed by atoms with van der Waals surface area (Å²) in [7, 11) is 0. The summed E-state index contributed by atoms with van der Waals surface area (Å²) in [5.74, 6) is 0.317. The normalized spacial score (nSPS) is 24.1. The number of epoxide rings is 1. The van der Waals surface area contributed by atoms with Gasteiger partial charge in [-0.05, 0) is 66.6 Å². The molecule has 0 radical (unpaired) electrons. The number of alkyl halides is 1. The number of carbonyl (C=O) groups is 1. The molecule has 1 amide bonds. The van der Waals surface area contributed by atoms with Crippen molar-refractivity contribution in [3.8, 4) is 0 Å². The van der Waals surface area contributed by atoms with E-state index in [9.17, 15) is 4.79 Å². The lowest BCUT2D eigenvalue weighted by molar-refractivity contribution is -0.140. The van der Waals surface area contributed by atoms with Crippen molar-refractivity contribution < 1.29 is 9.53 Å². The molecule has 1 aromatic heterocycles. The zero-order chi connectivity index (χ0) is 32.3. The molecule has 5 atom stereocenters. The molecular weight excluding hydrogens is 635 g/mol. The largest absolute Gasteiger partial charge is 0.353 e. The van der Waals surface area contributed by atoms with Crippen molar-refractivity contribution in [2.75, 3.05) is 6.54 Å². The molecule has 7 heteroatoms. The standard InChI is InChI=1S/C35H63IN4O2/c1-29(2,3)20-24(40-18-15-16-26(40)41)32(8,9)31(6,7)22-35(14,27-28(37)42-27)34(12,13)30(4,5)21-25(33(10,11)36)39-19-17-38-23-39/h17,19,23-25,27-28H,15-16,18,20-22,37H2,1-14H3. The fourth-order valence-electron chi connectivity index (χ4n) is 7.91. The van der Waals surface area contributed by atoms with E-state index in [0.717, 1.165) is 32.2 Å². The Balaban J connectivity index is 2.04. The molecule has 6 nitrogen and oxygen atoms in total. The first-order valence-corrected chi connectivity index (χ1v) is 17.2. The highest BCUT2D eigenvalue weighted by Gasteiger charge is 2.64. The molecule has 242 valence electrons. The molecule has 5 unspecified atom stereocenters. The molecule has 2 saturated heterocycles. The third-order valence-electron chi connectivity index (χ3n) is 12.3. The van der Waals surface area contributed by atoms with Crippen LogP contribution in [0.15, 0.2) is 18.7 Å². The van der Waals surface area contributed by atoms with Gasteiger partial charge in [0.25, 0.3) is 0 Å². The number of hydrogen-bond acceptors (Lipinski definition) is 4. The van der Waals surface area contributed by atoms with Crippen molar-refractivity contribution in [2.24, 2.45) is 38.2 Å². The van der Waals surface area contributed by atoms with Gasteiger partial charge in [-0.15, -0.1) is 0 Å². The summed E-state index contributed by atoms with van der Waals surface area (Å²) >= 11 is 2.60. The third kappa shape index (κ3) is 6.93. The fraction of sp³-hybridized carbons (Fsp3) is 0.886. The van der Waals surface area contributed by atoms with Crippen LogP contribution in [0.2, 0.25) is 0 Å². The molecule has 3 rings (SSSR count). The third-order valence-corrected chi connectivity index (χ3v) is 13.1. The molecule has 0 aromatic carbocycles. The highest BCUT2D eigenvalue weighted by molar-refractivity contribution is 14.1. The highest BCUT2D eigenvalue weighted by Crippen LogP contribution is 2.65. The monoisotopic (exact) mass is 698 g/mol. The number of rotatable bonds is 13. The van der Waals surface area contributed by atoms with Crippen LogP contribution in [0.25, 0.3) is 0 Å². The van der Waals surface area contributed by atoms with Crippen molar-refractivity contribution in [3.05, 3.63) is 18.7 Å². The van der Waals surface area contributed by atoms with E-state index < -0.39 is 0 Å². The summed E-state index contributed by atoms with van der Waals surface area (Å²) in [6.07, 6.45) is 10.3. The van der Waals surface area contributed by atoms with Crippen LogP contribution in [0.1, 0.15) is 135 Å². The van der Waals surface area contributed by atoms with E-state index in [1.165, 1.54) is 0 Å². The van der Waals surface area contributed by atoms with Crippen LogP contribution >= 0.6 is 22.6 Å². The maximum atomic E-state index is 13.2. The topological polar surface area (TPSA) is 76.7 Å². The van der Waals surface area contributed by atoms with Gasteiger partial charge in [-0.3, -0.25) is 4.79 Å². The first-order chi connectivity index (χ1) is 18.8. The Bertz CT molecular complexity index is 1080. The van der Waals surface area contributed by atoms with Gasteiger partial charge in [-0.25, -0.2) is 4.98 Å². The summed E-state index contributed by atoms with van der Waals surface area (Å²) in [6.45, 7) is 34.3. The Kier molecular flexibility index (Phi) is 9.89. The Morgan fingerprint density at radius 1 is 0.952 bits per heavy atom. The Labute approximate surface area is 271 Å². The molecule has 2 aliphatic heterocycles. The molecule has 2 N–H and O–H groups in total. The van der Waals surface area contributed by atoms with Gasteiger partial charge in [0.15, 0.2) is 0 Å². The molecule has 0 spiro atoms. The highest BCUT2D eigenvalue weighted by atomic mass is 127. The molecule has 3 heterocycles. The second-order valence-corrected chi connectivity index (χ2v) is 20.8. The Morgan fingerprint density at radius 3 is 1.93 bits per heavy atom. The number of amides is 1.